The number of amides is 1. The van der Waals surface area contributed by atoms with Gasteiger partial charge in [-0.2, -0.15) is 0 Å². The van der Waals surface area contributed by atoms with Gasteiger partial charge in [0.2, 0.25) is 5.95 Å². The quantitative estimate of drug-likeness (QED) is 0.725. The highest BCUT2D eigenvalue weighted by Crippen LogP contribution is 2.27. The number of halogens is 2. The summed E-state index contributed by atoms with van der Waals surface area (Å²) in [5, 5.41) is 4.06. The molecule has 2 aromatic rings. The van der Waals surface area contributed by atoms with E-state index in [4.69, 9.17) is 23.2 Å². The van der Waals surface area contributed by atoms with E-state index in [1.807, 2.05) is 11.8 Å². The van der Waals surface area contributed by atoms with Gasteiger partial charge in [-0.25, -0.2) is 9.97 Å². The number of carbonyl (C=O) groups is 1. The summed E-state index contributed by atoms with van der Waals surface area (Å²) in [6.45, 7) is 7.35. The van der Waals surface area contributed by atoms with Crippen LogP contribution in [0, 0.1) is 6.92 Å². The summed E-state index contributed by atoms with van der Waals surface area (Å²) in [5.74, 6) is 0.250. The molecule has 0 saturated heterocycles. The van der Waals surface area contributed by atoms with Gasteiger partial charge in [0.05, 0.1) is 10.7 Å². The van der Waals surface area contributed by atoms with E-state index >= 15 is 0 Å². The molecule has 1 aromatic heterocycles. The number of hydrogen-bond donors (Lipinski definition) is 1. The van der Waals surface area contributed by atoms with Crippen molar-refractivity contribution in [3.63, 3.8) is 0 Å². The smallest absolute Gasteiger partial charge is 0.272 e. The van der Waals surface area contributed by atoms with Gasteiger partial charge in [0.1, 0.15) is 5.69 Å². The maximum atomic E-state index is 12.8. The summed E-state index contributed by atoms with van der Waals surface area (Å²) in [5.41, 5.74) is 1.72. The van der Waals surface area contributed by atoms with Crippen LogP contribution in [-0.2, 0) is 0 Å². The van der Waals surface area contributed by atoms with E-state index in [0.717, 1.165) is 12.8 Å². The Morgan fingerprint density at radius 2 is 1.80 bits per heavy atom. The van der Waals surface area contributed by atoms with Gasteiger partial charge in [0.15, 0.2) is 0 Å². The van der Waals surface area contributed by atoms with E-state index in [1.54, 1.807) is 24.3 Å². The summed E-state index contributed by atoms with van der Waals surface area (Å²) in [4.78, 5) is 23.3. The van der Waals surface area contributed by atoms with Crippen molar-refractivity contribution in [1.82, 2.24) is 14.9 Å². The molecule has 1 heterocycles. The number of benzene rings is 1. The van der Waals surface area contributed by atoms with E-state index in [9.17, 15) is 4.79 Å². The van der Waals surface area contributed by atoms with Crippen molar-refractivity contribution in [2.45, 2.75) is 33.6 Å². The van der Waals surface area contributed by atoms with Crippen LogP contribution in [0.5, 0.6) is 0 Å². The molecule has 134 valence electrons. The van der Waals surface area contributed by atoms with Crippen molar-refractivity contribution in [2.75, 3.05) is 18.4 Å². The highest BCUT2D eigenvalue weighted by Gasteiger charge is 2.17. The molecule has 0 aliphatic heterocycles. The van der Waals surface area contributed by atoms with Crippen LogP contribution < -0.4 is 5.32 Å². The molecule has 5 nitrogen and oxygen atoms in total. The van der Waals surface area contributed by atoms with Crippen LogP contribution >= 0.6 is 23.2 Å². The van der Waals surface area contributed by atoms with Gasteiger partial charge >= 0.3 is 0 Å². The van der Waals surface area contributed by atoms with Crippen LogP contribution in [0.15, 0.2) is 24.3 Å². The minimum Gasteiger partial charge on any atom is -0.337 e. The van der Waals surface area contributed by atoms with Crippen LogP contribution in [0.3, 0.4) is 0 Å². The zero-order valence-corrected chi connectivity index (χ0v) is 16.2. The van der Waals surface area contributed by atoms with Crippen LogP contribution in [0.1, 0.15) is 42.9 Å². The second kappa shape index (κ2) is 9.02. The monoisotopic (exact) mass is 380 g/mol. The predicted molar refractivity (Wildman–Crippen MR) is 103 cm³/mol. The van der Waals surface area contributed by atoms with Crippen molar-refractivity contribution in [1.29, 1.82) is 0 Å². The third kappa shape index (κ3) is 5.31. The Morgan fingerprint density at radius 1 is 1.12 bits per heavy atom. The lowest BCUT2D eigenvalue weighted by Crippen LogP contribution is -2.33. The molecule has 0 fully saturated rings. The number of hydrogen-bond acceptors (Lipinski definition) is 4. The van der Waals surface area contributed by atoms with E-state index in [0.29, 0.717) is 46.2 Å². The minimum absolute atomic E-state index is 0.0838. The molecule has 0 bridgehead atoms. The van der Waals surface area contributed by atoms with E-state index < -0.39 is 0 Å². The van der Waals surface area contributed by atoms with Gasteiger partial charge < -0.3 is 10.2 Å². The Bertz CT molecular complexity index is 746. The zero-order chi connectivity index (χ0) is 18.4. The van der Waals surface area contributed by atoms with E-state index in [1.165, 1.54) is 0 Å². The van der Waals surface area contributed by atoms with E-state index in [-0.39, 0.29) is 5.91 Å². The first-order chi connectivity index (χ1) is 11.9. The van der Waals surface area contributed by atoms with Gasteiger partial charge in [-0.15, -0.1) is 0 Å². The van der Waals surface area contributed by atoms with Crippen LogP contribution in [0.4, 0.5) is 11.6 Å². The predicted octanol–water partition coefficient (Wildman–Crippen LogP) is 5.10. The Balaban J connectivity index is 2.28. The summed E-state index contributed by atoms with van der Waals surface area (Å²) >= 11 is 12.1. The lowest BCUT2D eigenvalue weighted by atomic mass is 10.2. The summed E-state index contributed by atoms with van der Waals surface area (Å²) in [7, 11) is 0. The summed E-state index contributed by atoms with van der Waals surface area (Å²) in [6, 6.07) is 6.81. The number of anilines is 2. The molecule has 0 aliphatic rings. The molecule has 7 heteroatoms. The molecular formula is C18H22Cl2N4O. The number of carbonyl (C=O) groups excluding carboxylic acids is 1. The third-order valence-electron chi connectivity index (χ3n) is 3.53. The van der Waals surface area contributed by atoms with Crippen molar-refractivity contribution < 1.29 is 4.79 Å². The van der Waals surface area contributed by atoms with Crippen molar-refractivity contribution in [3.8, 4) is 0 Å². The molecule has 0 saturated carbocycles. The molecule has 1 N–H and O–H groups in total. The number of nitrogens with zero attached hydrogens (tertiary/aromatic N) is 3. The topological polar surface area (TPSA) is 58.1 Å². The fourth-order valence-corrected chi connectivity index (χ4v) is 2.92. The van der Waals surface area contributed by atoms with Crippen molar-refractivity contribution in [2.24, 2.45) is 0 Å². The number of aryl methyl sites for hydroxylation is 1. The first-order valence-electron chi connectivity index (χ1n) is 8.31. The summed E-state index contributed by atoms with van der Waals surface area (Å²) < 4.78 is 0. The van der Waals surface area contributed by atoms with Crippen LogP contribution in [0.2, 0.25) is 10.0 Å². The fraction of sp³-hybridized carbons (Fsp3) is 0.389. The van der Waals surface area contributed by atoms with Crippen LogP contribution in [-0.4, -0.2) is 33.9 Å². The Hall–Kier alpha value is -1.85. The standard InChI is InChI=1S/C18H22Cl2N4O/c1-4-8-24(9-5-2)17(25)16-10-12(3)21-18(23-16)22-15-7-6-13(19)11-14(15)20/h6-7,10-11H,4-5,8-9H2,1-3H3,(H,21,22,23). The minimum atomic E-state index is -0.0838. The van der Waals surface area contributed by atoms with Gasteiger partial charge in [-0.05, 0) is 44.0 Å². The molecule has 1 aromatic carbocycles. The molecule has 2 rings (SSSR count). The first-order valence-corrected chi connectivity index (χ1v) is 9.07. The summed E-state index contributed by atoms with van der Waals surface area (Å²) in [6.07, 6.45) is 1.81. The number of aromatic nitrogens is 2. The maximum Gasteiger partial charge on any atom is 0.272 e. The Morgan fingerprint density at radius 3 is 2.40 bits per heavy atom. The van der Waals surface area contributed by atoms with E-state index in [2.05, 4.69) is 29.1 Å². The molecule has 0 radical (unpaired) electrons. The fourth-order valence-electron chi connectivity index (χ4n) is 2.46. The molecule has 0 spiro atoms. The lowest BCUT2D eigenvalue weighted by molar-refractivity contribution is 0.0749. The van der Waals surface area contributed by atoms with Gasteiger partial charge in [0, 0.05) is 23.8 Å². The highest BCUT2D eigenvalue weighted by molar-refractivity contribution is 6.36. The third-order valence-corrected chi connectivity index (χ3v) is 4.07. The Labute approximate surface area is 158 Å². The average molecular weight is 381 g/mol. The van der Waals surface area contributed by atoms with Crippen molar-refractivity contribution in [3.05, 3.63) is 45.7 Å². The molecular weight excluding hydrogens is 359 g/mol. The first kappa shape index (κ1) is 19.5. The highest BCUT2D eigenvalue weighted by atomic mass is 35.5. The number of nitrogens with one attached hydrogen (secondary N) is 1. The number of rotatable bonds is 7. The van der Waals surface area contributed by atoms with Crippen molar-refractivity contribution >= 4 is 40.7 Å². The molecule has 0 atom stereocenters. The largest absolute Gasteiger partial charge is 0.337 e. The van der Waals surface area contributed by atoms with Crippen LogP contribution in [0.25, 0.3) is 0 Å². The normalized spacial score (nSPS) is 10.6. The van der Waals surface area contributed by atoms with Gasteiger partial charge in [0.25, 0.3) is 5.91 Å². The maximum absolute atomic E-state index is 12.8. The second-order valence-corrected chi connectivity index (χ2v) is 6.60. The van der Waals surface area contributed by atoms with Gasteiger partial charge in [-0.1, -0.05) is 37.0 Å². The zero-order valence-electron chi connectivity index (χ0n) is 14.6. The molecule has 1 amide bonds. The second-order valence-electron chi connectivity index (χ2n) is 5.76. The Kier molecular flexibility index (Phi) is 7.02. The molecule has 0 aliphatic carbocycles. The molecule has 25 heavy (non-hydrogen) atoms. The SMILES string of the molecule is CCCN(CCC)C(=O)c1cc(C)nc(Nc2ccc(Cl)cc2Cl)n1. The lowest BCUT2D eigenvalue weighted by Gasteiger charge is -2.21. The van der Waals surface area contributed by atoms with Gasteiger partial charge in [-0.3, -0.25) is 4.79 Å². The average Bonchev–Trinajstić information content (AvgIpc) is 2.56. The molecule has 0 unspecified atom stereocenters.